The zero-order valence-electron chi connectivity index (χ0n) is 10.8. The Bertz CT molecular complexity index is 442. The molecule has 0 saturated carbocycles. The first-order valence-electron chi connectivity index (χ1n) is 5.88. The molecule has 0 saturated heterocycles. The summed E-state index contributed by atoms with van der Waals surface area (Å²) >= 11 is 0. The molecular formula is C14H17NO4. The molecule has 0 aliphatic carbocycles. The topological polar surface area (TPSA) is 66.8 Å². The van der Waals surface area contributed by atoms with Crippen molar-refractivity contribution in [2.24, 2.45) is 0 Å². The third kappa shape index (κ3) is 7.00. The lowest BCUT2D eigenvalue weighted by molar-refractivity contribution is -0.139. The van der Waals surface area contributed by atoms with Crippen LogP contribution in [-0.2, 0) is 20.9 Å². The van der Waals surface area contributed by atoms with Crippen molar-refractivity contribution in [2.75, 3.05) is 20.2 Å². The van der Waals surface area contributed by atoms with Gasteiger partial charge in [-0.15, -0.1) is 0 Å². The van der Waals surface area contributed by atoms with E-state index in [1.54, 1.807) is 0 Å². The van der Waals surface area contributed by atoms with Gasteiger partial charge in [0, 0.05) is 25.2 Å². The number of benzene rings is 1. The molecule has 0 aromatic heterocycles. The van der Waals surface area contributed by atoms with Crippen molar-refractivity contribution in [3.63, 3.8) is 0 Å². The summed E-state index contributed by atoms with van der Waals surface area (Å²) in [5.74, 6) is -1.81. The third-order valence-corrected chi connectivity index (χ3v) is 2.37. The van der Waals surface area contributed by atoms with Gasteiger partial charge in [0.05, 0.1) is 0 Å². The first-order chi connectivity index (χ1) is 9.08. The molecule has 0 bridgehead atoms. The van der Waals surface area contributed by atoms with Gasteiger partial charge in [0.25, 0.3) is 0 Å². The van der Waals surface area contributed by atoms with Crippen LogP contribution in [0.1, 0.15) is 5.56 Å². The molecule has 102 valence electrons. The Morgan fingerprint density at radius 3 is 2.58 bits per heavy atom. The second-order valence-electron chi connectivity index (χ2n) is 4.06. The maximum atomic E-state index is 11.1. The summed E-state index contributed by atoms with van der Waals surface area (Å²) in [6.07, 6.45) is 1.66. The van der Waals surface area contributed by atoms with Crippen LogP contribution in [-0.4, -0.2) is 42.1 Å². The molecule has 1 N–H and O–H groups in total. The molecule has 1 aromatic rings. The monoisotopic (exact) mass is 263 g/mol. The Morgan fingerprint density at radius 1 is 1.26 bits per heavy atom. The number of carboxylic acids is 1. The molecule has 0 heterocycles. The lowest BCUT2D eigenvalue weighted by Gasteiger charge is -2.16. The number of esters is 1. The molecule has 0 amide bonds. The summed E-state index contributed by atoms with van der Waals surface area (Å²) in [4.78, 5) is 23.3. The van der Waals surface area contributed by atoms with Crippen molar-refractivity contribution in [1.82, 2.24) is 4.90 Å². The fraction of sp³-hybridized carbons (Fsp3) is 0.286. The molecular weight excluding hydrogens is 246 g/mol. The van der Waals surface area contributed by atoms with Gasteiger partial charge in [-0.2, -0.15) is 0 Å². The largest absolute Gasteiger partial charge is 0.478 e. The number of likely N-dealkylation sites (N-methyl/N-ethyl adjacent to an activating group) is 1. The van der Waals surface area contributed by atoms with Crippen LogP contribution in [0.15, 0.2) is 42.5 Å². The zero-order valence-corrected chi connectivity index (χ0v) is 10.8. The number of ether oxygens (including phenoxy) is 1. The molecule has 1 aromatic carbocycles. The van der Waals surface area contributed by atoms with Crippen LogP contribution in [0.3, 0.4) is 0 Å². The quantitative estimate of drug-likeness (QED) is 0.593. The highest BCUT2D eigenvalue weighted by Crippen LogP contribution is 2.01. The molecule has 1 rings (SSSR count). The van der Waals surface area contributed by atoms with Crippen LogP contribution in [0, 0.1) is 0 Å². The van der Waals surface area contributed by atoms with Crippen LogP contribution in [0.5, 0.6) is 0 Å². The predicted octanol–water partition coefficient (Wildman–Crippen LogP) is 1.30. The standard InChI is InChI=1S/C14H17NO4/c1-15(11-12-5-3-2-4-6-12)9-10-19-14(18)8-7-13(16)17/h2-8H,9-11H2,1H3,(H,16,17). The molecule has 19 heavy (non-hydrogen) atoms. The molecule has 0 aliphatic heterocycles. The van der Waals surface area contributed by atoms with Crippen LogP contribution in [0.25, 0.3) is 0 Å². The van der Waals surface area contributed by atoms with E-state index >= 15 is 0 Å². The van der Waals surface area contributed by atoms with E-state index in [9.17, 15) is 9.59 Å². The molecule has 5 nitrogen and oxygen atoms in total. The van der Waals surface area contributed by atoms with E-state index in [0.717, 1.165) is 18.7 Å². The lowest BCUT2D eigenvalue weighted by atomic mass is 10.2. The minimum atomic E-state index is -1.17. The van der Waals surface area contributed by atoms with Crippen LogP contribution in [0.4, 0.5) is 0 Å². The van der Waals surface area contributed by atoms with Gasteiger partial charge in [-0.1, -0.05) is 30.3 Å². The maximum absolute atomic E-state index is 11.1. The van der Waals surface area contributed by atoms with Crippen molar-refractivity contribution in [1.29, 1.82) is 0 Å². The number of hydrogen-bond donors (Lipinski definition) is 1. The smallest absolute Gasteiger partial charge is 0.331 e. The van der Waals surface area contributed by atoms with Gasteiger partial charge in [0.1, 0.15) is 6.61 Å². The van der Waals surface area contributed by atoms with Crippen LogP contribution >= 0.6 is 0 Å². The minimum Gasteiger partial charge on any atom is -0.478 e. The highest BCUT2D eigenvalue weighted by molar-refractivity contribution is 5.90. The Morgan fingerprint density at radius 2 is 1.95 bits per heavy atom. The van der Waals surface area contributed by atoms with E-state index in [2.05, 4.69) is 0 Å². The van der Waals surface area contributed by atoms with E-state index in [0.29, 0.717) is 6.54 Å². The summed E-state index contributed by atoms with van der Waals surface area (Å²) in [5, 5.41) is 8.34. The van der Waals surface area contributed by atoms with E-state index in [1.165, 1.54) is 5.56 Å². The SMILES string of the molecule is CN(CCOC(=O)C=CC(=O)O)Cc1ccccc1. The lowest BCUT2D eigenvalue weighted by Crippen LogP contribution is -2.23. The normalized spacial score (nSPS) is 10.8. The van der Waals surface area contributed by atoms with Crippen molar-refractivity contribution >= 4 is 11.9 Å². The van der Waals surface area contributed by atoms with E-state index in [4.69, 9.17) is 9.84 Å². The Hall–Kier alpha value is -2.14. The van der Waals surface area contributed by atoms with Gasteiger partial charge in [0.15, 0.2) is 0 Å². The minimum absolute atomic E-state index is 0.228. The molecule has 0 aliphatic rings. The van der Waals surface area contributed by atoms with Crippen LogP contribution in [0.2, 0.25) is 0 Å². The molecule has 5 heteroatoms. The fourth-order valence-electron chi connectivity index (χ4n) is 1.46. The second-order valence-corrected chi connectivity index (χ2v) is 4.06. The predicted molar refractivity (Wildman–Crippen MR) is 70.5 cm³/mol. The number of carbonyl (C=O) groups is 2. The maximum Gasteiger partial charge on any atom is 0.331 e. The fourth-order valence-corrected chi connectivity index (χ4v) is 1.46. The van der Waals surface area contributed by atoms with Crippen molar-refractivity contribution in [3.05, 3.63) is 48.0 Å². The van der Waals surface area contributed by atoms with E-state index in [1.807, 2.05) is 42.3 Å². The average Bonchev–Trinajstić information content (AvgIpc) is 2.37. The van der Waals surface area contributed by atoms with E-state index < -0.39 is 11.9 Å². The van der Waals surface area contributed by atoms with Crippen molar-refractivity contribution in [2.45, 2.75) is 6.54 Å². The third-order valence-electron chi connectivity index (χ3n) is 2.37. The van der Waals surface area contributed by atoms with Gasteiger partial charge in [0.2, 0.25) is 0 Å². The van der Waals surface area contributed by atoms with Gasteiger partial charge >= 0.3 is 11.9 Å². The molecule has 0 radical (unpaired) electrons. The molecule has 0 atom stereocenters. The number of carboxylic acid groups (broad SMARTS) is 1. The highest BCUT2D eigenvalue weighted by atomic mass is 16.5. The van der Waals surface area contributed by atoms with Crippen molar-refractivity contribution < 1.29 is 19.4 Å². The number of hydrogen-bond acceptors (Lipinski definition) is 4. The summed E-state index contributed by atoms with van der Waals surface area (Å²) in [6.45, 7) is 1.58. The second kappa shape index (κ2) is 8.05. The Balaban J connectivity index is 2.22. The highest BCUT2D eigenvalue weighted by Gasteiger charge is 2.02. The molecule has 0 unspecified atom stereocenters. The summed E-state index contributed by atoms with van der Waals surface area (Å²) in [5.41, 5.74) is 1.18. The molecule has 0 fully saturated rings. The van der Waals surface area contributed by atoms with E-state index in [-0.39, 0.29) is 6.61 Å². The van der Waals surface area contributed by atoms with Gasteiger partial charge in [-0.05, 0) is 12.6 Å². The molecule has 0 spiro atoms. The van der Waals surface area contributed by atoms with Gasteiger partial charge < -0.3 is 9.84 Å². The number of aliphatic carboxylic acids is 1. The zero-order chi connectivity index (χ0) is 14.1. The van der Waals surface area contributed by atoms with Crippen LogP contribution < -0.4 is 0 Å². The number of nitrogens with zero attached hydrogens (tertiary/aromatic N) is 1. The first kappa shape index (κ1) is 14.9. The summed E-state index contributed by atoms with van der Waals surface area (Å²) in [6, 6.07) is 9.95. The van der Waals surface area contributed by atoms with Crippen molar-refractivity contribution in [3.8, 4) is 0 Å². The number of rotatable bonds is 7. The van der Waals surface area contributed by atoms with Gasteiger partial charge in [-0.3, -0.25) is 4.90 Å². The Kier molecular flexibility index (Phi) is 6.32. The average molecular weight is 263 g/mol. The summed E-state index contributed by atoms with van der Waals surface area (Å²) < 4.78 is 4.87. The Labute approximate surface area is 112 Å². The number of carbonyl (C=O) groups excluding carboxylic acids is 1. The first-order valence-corrected chi connectivity index (χ1v) is 5.88. The van der Waals surface area contributed by atoms with Gasteiger partial charge in [-0.25, -0.2) is 9.59 Å². The summed E-state index contributed by atoms with van der Waals surface area (Å²) in [7, 11) is 1.92.